The molecule has 0 aliphatic carbocycles. The highest BCUT2D eigenvalue weighted by Crippen LogP contribution is 2.31. The topological polar surface area (TPSA) is 132 Å². The van der Waals surface area contributed by atoms with Gasteiger partial charge in [-0.15, -0.1) is 0 Å². The van der Waals surface area contributed by atoms with Crippen LogP contribution in [0.15, 0.2) is 95.9 Å². The van der Waals surface area contributed by atoms with Crippen LogP contribution in [0.2, 0.25) is 5.02 Å². The average Bonchev–Trinajstić information content (AvgIpc) is 2.97. The van der Waals surface area contributed by atoms with Crippen LogP contribution in [-0.2, 0) is 10.0 Å². The van der Waals surface area contributed by atoms with Gasteiger partial charge < -0.3 is 20.1 Å². The second-order valence-corrected chi connectivity index (χ2v) is 10.8. The lowest BCUT2D eigenvalue weighted by molar-refractivity contribution is 0.102. The lowest BCUT2D eigenvalue weighted by Crippen LogP contribution is -2.17. The number of rotatable bonds is 9. The zero-order chi connectivity index (χ0) is 29.0. The van der Waals surface area contributed by atoms with Gasteiger partial charge in [-0.25, -0.2) is 18.4 Å². The highest BCUT2D eigenvalue weighted by Gasteiger charge is 2.20. The highest BCUT2D eigenvalue weighted by atomic mass is 35.5. The Balaban J connectivity index is 1.46. The maximum absolute atomic E-state index is 13.5. The number of carbonyl (C=O) groups is 1. The second kappa shape index (κ2) is 11.7. The fourth-order valence-electron chi connectivity index (χ4n) is 3.91. The average molecular weight is 590 g/mol. The number of nitrogens with zero attached hydrogens (tertiary/aromatic N) is 2. The summed E-state index contributed by atoms with van der Waals surface area (Å²) in [5, 5.41) is 6.32. The van der Waals surface area contributed by atoms with Crippen molar-refractivity contribution in [2.75, 3.05) is 29.6 Å². The first-order chi connectivity index (χ1) is 19.7. The van der Waals surface area contributed by atoms with Crippen molar-refractivity contribution in [3.8, 4) is 11.5 Å². The summed E-state index contributed by atoms with van der Waals surface area (Å²) in [5.74, 6) is 0.779. The van der Waals surface area contributed by atoms with Crippen molar-refractivity contribution >= 4 is 61.6 Å². The highest BCUT2D eigenvalue weighted by molar-refractivity contribution is 7.92. The molecule has 41 heavy (non-hydrogen) atoms. The molecule has 0 unspecified atom stereocenters. The number of methoxy groups -OCH3 is 2. The summed E-state index contributed by atoms with van der Waals surface area (Å²) in [6.45, 7) is 0. The number of sulfonamides is 1. The molecule has 0 bridgehead atoms. The van der Waals surface area contributed by atoms with Crippen molar-refractivity contribution in [2.45, 2.75) is 4.90 Å². The largest absolute Gasteiger partial charge is 0.497 e. The van der Waals surface area contributed by atoms with Gasteiger partial charge in [-0.3, -0.25) is 9.52 Å². The lowest BCUT2D eigenvalue weighted by atomic mass is 10.2. The molecule has 10 nitrogen and oxygen atoms in total. The molecule has 5 aromatic rings. The third-order valence-electron chi connectivity index (χ3n) is 5.92. The molecule has 0 fully saturated rings. The summed E-state index contributed by atoms with van der Waals surface area (Å²) in [5.41, 5.74) is 2.25. The van der Waals surface area contributed by atoms with Crippen LogP contribution in [0.25, 0.3) is 11.0 Å². The van der Waals surface area contributed by atoms with Crippen molar-refractivity contribution in [2.24, 2.45) is 0 Å². The molecule has 0 radical (unpaired) electrons. The molecule has 0 saturated heterocycles. The second-order valence-electron chi connectivity index (χ2n) is 8.73. The Labute approximate surface area is 241 Å². The van der Waals surface area contributed by atoms with Crippen LogP contribution in [0, 0.1) is 0 Å². The lowest BCUT2D eigenvalue weighted by Gasteiger charge is -2.15. The van der Waals surface area contributed by atoms with E-state index in [9.17, 15) is 13.2 Å². The van der Waals surface area contributed by atoms with E-state index in [1.165, 1.54) is 32.4 Å². The zero-order valence-corrected chi connectivity index (χ0v) is 23.5. The summed E-state index contributed by atoms with van der Waals surface area (Å²) >= 11 is 5.90. The van der Waals surface area contributed by atoms with E-state index in [4.69, 9.17) is 21.1 Å². The molecule has 4 aromatic carbocycles. The van der Waals surface area contributed by atoms with Crippen LogP contribution in [0.5, 0.6) is 11.5 Å². The van der Waals surface area contributed by atoms with E-state index >= 15 is 0 Å². The summed E-state index contributed by atoms with van der Waals surface area (Å²) in [6, 6.07) is 24.4. The van der Waals surface area contributed by atoms with Gasteiger partial charge in [0.15, 0.2) is 11.6 Å². The Bertz CT molecular complexity index is 1830. The number of benzene rings is 4. The molecule has 0 atom stereocenters. The van der Waals surface area contributed by atoms with Gasteiger partial charge in [0.1, 0.15) is 11.5 Å². The van der Waals surface area contributed by atoms with Gasteiger partial charge in [0, 0.05) is 40.2 Å². The Morgan fingerprint density at radius 1 is 0.756 bits per heavy atom. The zero-order valence-electron chi connectivity index (χ0n) is 21.9. The molecular weight excluding hydrogens is 566 g/mol. The summed E-state index contributed by atoms with van der Waals surface area (Å²) in [7, 11) is -1.11. The van der Waals surface area contributed by atoms with Crippen LogP contribution in [0.1, 0.15) is 10.4 Å². The quantitative estimate of drug-likeness (QED) is 0.188. The molecule has 1 aromatic heterocycles. The number of halogens is 1. The van der Waals surface area contributed by atoms with Crippen LogP contribution in [-0.4, -0.2) is 38.5 Å². The van der Waals surface area contributed by atoms with Crippen LogP contribution >= 0.6 is 11.6 Å². The molecule has 3 N–H and O–H groups in total. The molecule has 1 amide bonds. The molecule has 0 aliphatic rings. The molecule has 0 aliphatic heterocycles. The first-order valence-electron chi connectivity index (χ1n) is 12.2. The number of aromatic nitrogens is 2. The minimum absolute atomic E-state index is 0.0268. The number of anilines is 4. The number of nitrogens with one attached hydrogen (secondary N) is 3. The molecule has 208 valence electrons. The van der Waals surface area contributed by atoms with Gasteiger partial charge >= 0.3 is 0 Å². The van der Waals surface area contributed by atoms with E-state index in [0.29, 0.717) is 44.5 Å². The molecule has 5 rings (SSSR count). The van der Waals surface area contributed by atoms with Crippen LogP contribution in [0.3, 0.4) is 0 Å². The van der Waals surface area contributed by atoms with E-state index in [2.05, 4.69) is 25.3 Å². The molecular formula is C29H24ClN5O5S. The van der Waals surface area contributed by atoms with Crippen molar-refractivity contribution in [1.82, 2.24) is 9.97 Å². The maximum Gasteiger partial charge on any atom is 0.263 e. The first-order valence-corrected chi connectivity index (χ1v) is 14.1. The molecule has 0 spiro atoms. The fraction of sp³-hybridized carbons (Fsp3) is 0.0690. The van der Waals surface area contributed by atoms with Crippen molar-refractivity contribution in [1.29, 1.82) is 0 Å². The van der Waals surface area contributed by atoms with E-state index in [-0.39, 0.29) is 16.5 Å². The van der Waals surface area contributed by atoms with Crippen LogP contribution < -0.4 is 24.8 Å². The third kappa shape index (κ3) is 6.48. The molecule has 0 saturated carbocycles. The maximum atomic E-state index is 13.5. The van der Waals surface area contributed by atoms with Crippen molar-refractivity contribution in [3.05, 3.63) is 102 Å². The van der Waals surface area contributed by atoms with Gasteiger partial charge in [-0.2, -0.15) is 0 Å². The smallest absolute Gasteiger partial charge is 0.263 e. The number of fused-ring (bicyclic) bond motifs is 1. The van der Waals surface area contributed by atoms with Crippen molar-refractivity contribution < 1.29 is 22.7 Å². The Kier molecular flexibility index (Phi) is 7.90. The number of hydrogen-bond donors (Lipinski definition) is 3. The minimum atomic E-state index is -4.16. The number of hydrogen-bond acceptors (Lipinski definition) is 8. The minimum Gasteiger partial charge on any atom is -0.497 e. The predicted octanol–water partition coefficient (Wildman–Crippen LogP) is 6.10. The fourth-order valence-corrected chi connectivity index (χ4v) is 5.09. The van der Waals surface area contributed by atoms with Gasteiger partial charge in [0.2, 0.25) is 0 Å². The third-order valence-corrected chi connectivity index (χ3v) is 7.51. The van der Waals surface area contributed by atoms with Gasteiger partial charge in [-0.05, 0) is 54.6 Å². The molecule has 12 heteroatoms. The summed E-state index contributed by atoms with van der Waals surface area (Å²) in [6.07, 6.45) is 0. The predicted molar refractivity (Wildman–Crippen MR) is 159 cm³/mol. The normalized spacial score (nSPS) is 11.1. The van der Waals surface area contributed by atoms with E-state index in [1.54, 1.807) is 66.7 Å². The Morgan fingerprint density at radius 2 is 1.39 bits per heavy atom. The number of amides is 1. The van der Waals surface area contributed by atoms with Crippen molar-refractivity contribution in [3.63, 3.8) is 0 Å². The first kappa shape index (κ1) is 27.7. The number of carbonyl (C=O) groups excluding carboxylic acids is 1. The summed E-state index contributed by atoms with van der Waals surface area (Å²) in [4.78, 5) is 21.7. The summed E-state index contributed by atoms with van der Waals surface area (Å²) < 4.78 is 40.3. The van der Waals surface area contributed by atoms with E-state index in [1.807, 2.05) is 6.07 Å². The van der Waals surface area contributed by atoms with E-state index < -0.39 is 15.9 Å². The monoisotopic (exact) mass is 589 g/mol. The number of para-hydroxylation sites is 2. The van der Waals surface area contributed by atoms with Gasteiger partial charge in [0.05, 0.1) is 30.1 Å². The van der Waals surface area contributed by atoms with Gasteiger partial charge in [-0.1, -0.05) is 29.8 Å². The van der Waals surface area contributed by atoms with Crippen LogP contribution in [0.4, 0.5) is 23.0 Å². The molecule has 1 heterocycles. The Morgan fingerprint density at radius 3 is 2.02 bits per heavy atom. The van der Waals surface area contributed by atoms with Gasteiger partial charge in [0.25, 0.3) is 15.9 Å². The number of ether oxygens (including phenoxy) is 2. The SMILES string of the molecule is COc1cc(Nc2nc3ccccc3nc2NS(=O)(=O)c2cccc(NC(=O)c3ccc(Cl)cc3)c2)cc(OC)c1. The Hall–Kier alpha value is -4.87. The van der Waals surface area contributed by atoms with E-state index in [0.717, 1.165) is 0 Å². The standard InChI is InChI=1S/C29H24ClN5O5S/c1-39-22-14-21(15-23(17-22)40-2)31-27-28(34-26-9-4-3-8-25(26)33-27)35-41(37,38)24-7-5-6-20(16-24)32-29(36)18-10-12-19(30)13-11-18/h3-17H,1-2H3,(H,31,33)(H,32,36)(H,34,35).